The first-order valence-electron chi connectivity index (χ1n) is 5.20. The van der Waals surface area contributed by atoms with E-state index in [4.69, 9.17) is 0 Å². The average Bonchev–Trinajstić information content (AvgIpc) is 2.65. The second kappa shape index (κ2) is 4.72. The fourth-order valence-electron chi connectivity index (χ4n) is 1.64. The van der Waals surface area contributed by atoms with Crippen LogP contribution in [0.2, 0.25) is 0 Å². The highest BCUT2D eigenvalue weighted by Crippen LogP contribution is 2.12. The fraction of sp³-hybridized carbons (Fsp3) is 0.600. The number of rotatable bonds is 3. The number of aromatic nitrogens is 1. The van der Waals surface area contributed by atoms with Crippen LogP contribution in [0.5, 0.6) is 0 Å². The monoisotopic (exact) mass is 225 g/mol. The summed E-state index contributed by atoms with van der Waals surface area (Å²) in [6, 6.07) is 0. The summed E-state index contributed by atoms with van der Waals surface area (Å²) in [5.74, 6) is 0.118. The van der Waals surface area contributed by atoms with E-state index in [1.807, 2.05) is 0 Å². The lowest BCUT2D eigenvalue weighted by Crippen LogP contribution is -2.47. The van der Waals surface area contributed by atoms with Crippen molar-refractivity contribution in [3.8, 4) is 0 Å². The zero-order valence-corrected chi connectivity index (χ0v) is 9.64. The van der Waals surface area contributed by atoms with Crippen LogP contribution in [0.4, 0.5) is 0 Å². The Balaban J connectivity index is 1.93. The van der Waals surface area contributed by atoms with Gasteiger partial charge in [0.15, 0.2) is 0 Å². The molecule has 0 unspecified atom stereocenters. The van der Waals surface area contributed by atoms with Crippen molar-refractivity contribution in [2.45, 2.75) is 19.9 Å². The van der Waals surface area contributed by atoms with Crippen LogP contribution in [0.1, 0.15) is 17.6 Å². The van der Waals surface area contributed by atoms with Gasteiger partial charge in [-0.1, -0.05) is 6.92 Å². The van der Waals surface area contributed by atoms with Gasteiger partial charge < -0.3 is 5.32 Å². The van der Waals surface area contributed by atoms with Crippen molar-refractivity contribution < 1.29 is 4.79 Å². The number of hydrogen-bond donors (Lipinski definition) is 1. The molecule has 0 aliphatic carbocycles. The number of piperazine rings is 1. The molecule has 1 aliphatic heterocycles. The van der Waals surface area contributed by atoms with E-state index in [9.17, 15) is 4.79 Å². The van der Waals surface area contributed by atoms with Gasteiger partial charge in [0, 0.05) is 25.0 Å². The first-order valence-corrected chi connectivity index (χ1v) is 6.08. The maximum atomic E-state index is 11.2. The summed E-state index contributed by atoms with van der Waals surface area (Å²) in [4.78, 5) is 17.8. The van der Waals surface area contributed by atoms with Gasteiger partial charge in [0.25, 0.3) is 0 Å². The summed E-state index contributed by atoms with van der Waals surface area (Å²) >= 11 is 1.70. The molecule has 4 nitrogen and oxygen atoms in total. The quantitative estimate of drug-likeness (QED) is 0.821. The molecule has 2 heterocycles. The Bertz CT molecular complexity index is 350. The van der Waals surface area contributed by atoms with Gasteiger partial charge in [0.2, 0.25) is 5.91 Å². The highest BCUT2D eigenvalue weighted by molar-refractivity contribution is 7.09. The lowest BCUT2D eigenvalue weighted by Gasteiger charge is -2.25. The van der Waals surface area contributed by atoms with Crippen molar-refractivity contribution in [2.75, 3.05) is 19.6 Å². The van der Waals surface area contributed by atoms with Gasteiger partial charge in [-0.15, -0.1) is 11.3 Å². The van der Waals surface area contributed by atoms with Crippen molar-refractivity contribution in [2.24, 2.45) is 0 Å². The minimum absolute atomic E-state index is 0.118. The molecule has 1 aromatic heterocycles. The summed E-state index contributed by atoms with van der Waals surface area (Å²) < 4.78 is 0. The van der Waals surface area contributed by atoms with Crippen LogP contribution in [0, 0.1) is 0 Å². The molecular weight excluding hydrogens is 210 g/mol. The minimum atomic E-state index is 0.118. The molecule has 82 valence electrons. The third-order valence-electron chi connectivity index (χ3n) is 2.40. The van der Waals surface area contributed by atoms with Crippen molar-refractivity contribution in [3.63, 3.8) is 0 Å². The Hall–Kier alpha value is -0.940. The van der Waals surface area contributed by atoms with Crippen LogP contribution in [0.25, 0.3) is 0 Å². The maximum absolute atomic E-state index is 11.2. The Morgan fingerprint density at radius 1 is 1.67 bits per heavy atom. The third kappa shape index (κ3) is 2.76. The van der Waals surface area contributed by atoms with Crippen molar-refractivity contribution in [3.05, 3.63) is 16.1 Å². The molecule has 1 fully saturated rings. The molecule has 0 radical (unpaired) electrons. The molecule has 5 heteroatoms. The zero-order chi connectivity index (χ0) is 10.7. The van der Waals surface area contributed by atoms with Crippen molar-refractivity contribution in [1.29, 1.82) is 0 Å². The van der Waals surface area contributed by atoms with Gasteiger partial charge in [-0.3, -0.25) is 9.69 Å². The summed E-state index contributed by atoms with van der Waals surface area (Å²) in [7, 11) is 0. The summed E-state index contributed by atoms with van der Waals surface area (Å²) in [6.07, 6.45) is 0.991. The number of thiazole rings is 1. The molecule has 2 rings (SSSR count). The number of carbonyl (C=O) groups excluding carboxylic acids is 1. The molecule has 0 aromatic carbocycles. The van der Waals surface area contributed by atoms with Crippen molar-refractivity contribution in [1.82, 2.24) is 15.2 Å². The van der Waals surface area contributed by atoms with E-state index in [2.05, 4.69) is 27.5 Å². The maximum Gasteiger partial charge on any atom is 0.234 e. The Morgan fingerprint density at radius 3 is 3.20 bits per heavy atom. The standard InChI is InChI=1S/C10H15N3OS/c1-2-10-12-8(7-15-10)5-13-4-3-11-9(14)6-13/h7H,2-6H2,1H3,(H,11,14). The van der Waals surface area contributed by atoms with Gasteiger partial charge in [-0.05, 0) is 6.42 Å². The zero-order valence-electron chi connectivity index (χ0n) is 8.82. The molecule has 15 heavy (non-hydrogen) atoms. The molecule has 0 bridgehead atoms. The molecule has 1 N–H and O–H groups in total. The van der Waals surface area contributed by atoms with E-state index in [1.165, 1.54) is 5.01 Å². The van der Waals surface area contributed by atoms with Gasteiger partial charge >= 0.3 is 0 Å². The third-order valence-corrected chi connectivity index (χ3v) is 3.45. The number of amides is 1. The highest BCUT2D eigenvalue weighted by Gasteiger charge is 2.16. The van der Waals surface area contributed by atoms with E-state index < -0.39 is 0 Å². The van der Waals surface area contributed by atoms with Gasteiger partial charge in [0.1, 0.15) is 0 Å². The predicted molar refractivity (Wildman–Crippen MR) is 59.8 cm³/mol. The number of nitrogens with one attached hydrogen (secondary N) is 1. The lowest BCUT2D eigenvalue weighted by molar-refractivity contribution is -0.124. The van der Waals surface area contributed by atoms with Gasteiger partial charge in [-0.2, -0.15) is 0 Å². The first-order chi connectivity index (χ1) is 7.28. The molecule has 1 saturated heterocycles. The molecule has 0 spiro atoms. The van der Waals surface area contributed by atoms with E-state index in [-0.39, 0.29) is 5.91 Å². The lowest BCUT2D eigenvalue weighted by atomic mass is 10.3. The Morgan fingerprint density at radius 2 is 2.53 bits per heavy atom. The predicted octanol–water partition coefficient (Wildman–Crippen LogP) is 0.637. The summed E-state index contributed by atoms with van der Waals surface area (Å²) in [5.41, 5.74) is 1.09. The smallest absolute Gasteiger partial charge is 0.234 e. The van der Waals surface area contributed by atoms with E-state index >= 15 is 0 Å². The first kappa shape index (κ1) is 10.6. The Labute approximate surface area is 93.3 Å². The average molecular weight is 225 g/mol. The van der Waals surface area contributed by atoms with Crippen LogP contribution >= 0.6 is 11.3 Å². The van der Waals surface area contributed by atoms with E-state index in [0.717, 1.165) is 31.7 Å². The van der Waals surface area contributed by atoms with Gasteiger partial charge in [-0.25, -0.2) is 4.98 Å². The molecular formula is C10H15N3OS. The normalized spacial score (nSPS) is 17.8. The van der Waals surface area contributed by atoms with Crippen LogP contribution in [-0.4, -0.2) is 35.4 Å². The second-order valence-corrected chi connectivity index (χ2v) is 4.59. The van der Waals surface area contributed by atoms with Crippen LogP contribution in [0.3, 0.4) is 0 Å². The SMILES string of the molecule is CCc1nc(CN2CCNC(=O)C2)cs1. The van der Waals surface area contributed by atoms with E-state index in [0.29, 0.717) is 6.54 Å². The second-order valence-electron chi connectivity index (χ2n) is 3.65. The largest absolute Gasteiger partial charge is 0.354 e. The molecule has 0 saturated carbocycles. The number of aryl methyl sites for hydroxylation is 1. The summed E-state index contributed by atoms with van der Waals surface area (Å²) in [6.45, 7) is 5.08. The van der Waals surface area contributed by atoms with Crippen LogP contribution in [-0.2, 0) is 17.8 Å². The highest BCUT2D eigenvalue weighted by atomic mass is 32.1. The van der Waals surface area contributed by atoms with Crippen LogP contribution in [0.15, 0.2) is 5.38 Å². The number of nitrogens with zero attached hydrogens (tertiary/aromatic N) is 2. The fourth-order valence-corrected chi connectivity index (χ4v) is 2.38. The van der Waals surface area contributed by atoms with Crippen molar-refractivity contribution >= 4 is 17.2 Å². The van der Waals surface area contributed by atoms with Gasteiger partial charge in [0.05, 0.1) is 17.2 Å². The summed E-state index contributed by atoms with van der Waals surface area (Å²) in [5, 5.41) is 6.08. The molecule has 1 amide bonds. The molecule has 1 aromatic rings. The Kier molecular flexibility index (Phi) is 3.33. The number of carbonyl (C=O) groups is 1. The topological polar surface area (TPSA) is 45.2 Å². The minimum Gasteiger partial charge on any atom is -0.354 e. The number of hydrogen-bond acceptors (Lipinski definition) is 4. The molecule has 1 aliphatic rings. The van der Waals surface area contributed by atoms with Crippen LogP contribution < -0.4 is 5.32 Å². The van der Waals surface area contributed by atoms with E-state index in [1.54, 1.807) is 11.3 Å². The molecule has 0 atom stereocenters.